The van der Waals surface area contributed by atoms with E-state index < -0.39 is 5.92 Å². The Morgan fingerprint density at radius 1 is 0.794 bits per heavy atom. The average molecular weight is 457 g/mol. The lowest BCUT2D eigenvalue weighted by Gasteiger charge is -2.33. The fraction of sp³-hybridized carbons (Fsp3) is 0.250. The van der Waals surface area contributed by atoms with Gasteiger partial charge in [-0.3, -0.25) is 4.79 Å². The first-order valence-electron chi connectivity index (χ1n) is 11.3. The molecule has 0 bridgehead atoms. The Morgan fingerprint density at radius 2 is 1.44 bits per heavy atom. The molecule has 1 heterocycles. The molecule has 3 aromatic carbocycles. The molecular weight excluding hydrogens is 428 g/mol. The van der Waals surface area contributed by atoms with Gasteiger partial charge in [-0.25, -0.2) is 0 Å². The summed E-state index contributed by atoms with van der Waals surface area (Å²) in [7, 11) is 4.78. The minimum atomic E-state index is -0.393. The lowest BCUT2D eigenvalue weighted by Crippen LogP contribution is -2.33. The molecule has 34 heavy (non-hydrogen) atoms. The maximum Gasteiger partial charge on any atom is 0.203 e. The Morgan fingerprint density at radius 3 is 2.09 bits per heavy atom. The number of Topliss-reactive ketones (excluding diaryl/α,β-unsaturated/α-hetero) is 1. The third kappa shape index (κ3) is 3.85. The second-order valence-electron chi connectivity index (χ2n) is 8.54. The number of carbonyl (C=O) groups excluding carboxylic acids is 1. The van der Waals surface area contributed by atoms with Gasteiger partial charge in [0.1, 0.15) is 5.78 Å². The Bertz CT molecular complexity index is 1210. The van der Waals surface area contributed by atoms with Gasteiger partial charge in [-0.05, 0) is 35.4 Å². The first-order chi connectivity index (χ1) is 16.6. The van der Waals surface area contributed by atoms with Crippen molar-refractivity contribution in [3.05, 3.63) is 89.6 Å². The van der Waals surface area contributed by atoms with Crippen molar-refractivity contribution >= 4 is 17.2 Å². The Balaban J connectivity index is 1.65. The predicted molar refractivity (Wildman–Crippen MR) is 133 cm³/mol. The molecule has 3 atom stereocenters. The standard InChI is InChI=1S/C28H28N2O4/c1-32-24-15-19(16-25(33-2)28(24)34-3)27-26-22(29-20-11-7-8-12-21(20)30-27)13-18(14-23(26)31)17-9-5-4-6-10-17/h4-13,15-16,18,26-27,29-30H,14H2,1-3H3. The number of nitrogens with one attached hydrogen (secondary N) is 2. The van der Waals surface area contributed by atoms with Crippen molar-refractivity contribution in [3.63, 3.8) is 0 Å². The highest BCUT2D eigenvalue weighted by Crippen LogP contribution is 2.47. The zero-order valence-corrected chi connectivity index (χ0v) is 19.5. The molecule has 5 rings (SSSR count). The molecular formula is C28H28N2O4. The lowest BCUT2D eigenvalue weighted by atomic mass is 9.76. The van der Waals surface area contributed by atoms with Gasteiger partial charge in [0.15, 0.2) is 11.5 Å². The van der Waals surface area contributed by atoms with Crippen LogP contribution >= 0.6 is 0 Å². The minimum absolute atomic E-state index is 0.0262. The van der Waals surface area contributed by atoms with Gasteiger partial charge in [-0.1, -0.05) is 48.5 Å². The fourth-order valence-corrected chi connectivity index (χ4v) is 4.98. The number of allylic oxidation sites excluding steroid dienone is 1. The summed E-state index contributed by atoms with van der Waals surface area (Å²) >= 11 is 0. The maximum absolute atomic E-state index is 13.7. The number of carbonyl (C=O) groups is 1. The fourth-order valence-electron chi connectivity index (χ4n) is 4.98. The highest BCUT2D eigenvalue weighted by molar-refractivity contribution is 5.90. The van der Waals surface area contributed by atoms with Crippen LogP contribution < -0.4 is 24.8 Å². The van der Waals surface area contributed by atoms with E-state index in [-0.39, 0.29) is 17.7 Å². The minimum Gasteiger partial charge on any atom is -0.493 e. The number of fused-ring (bicyclic) bond motifs is 2. The first-order valence-corrected chi connectivity index (χ1v) is 11.3. The number of anilines is 2. The van der Waals surface area contributed by atoms with E-state index in [1.54, 1.807) is 21.3 Å². The summed E-state index contributed by atoms with van der Waals surface area (Å²) in [6.07, 6.45) is 2.65. The zero-order chi connectivity index (χ0) is 23.7. The number of ether oxygens (including phenoxy) is 3. The van der Waals surface area contributed by atoms with Gasteiger partial charge in [-0.15, -0.1) is 0 Å². The highest BCUT2D eigenvalue weighted by Gasteiger charge is 2.40. The van der Waals surface area contributed by atoms with E-state index in [0.717, 1.165) is 28.2 Å². The van der Waals surface area contributed by atoms with E-state index in [2.05, 4.69) is 28.8 Å². The van der Waals surface area contributed by atoms with Crippen molar-refractivity contribution < 1.29 is 19.0 Å². The summed E-state index contributed by atoms with van der Waals surface area (Å²) in [5.74, 6) is 1.45. The van der Waals surface area contributed by atoms with Gasteiger partial charge >= 0.3 is 0 Å². The van der Waals surface area contributed by atoms with E-state index in [4.69, 9.17) is 14.2 Å². The molecule has 3 aromatic rings. The molecule has 0 fully saturated rings. The zero-order valence-electron chi connectivity index (χ0n) is 19.5. The SMILES string of the molecule is COc1cc(C2Nc3ccccc3NC3=CC(c4ccccc4)CC(=O)C32)cc(OC)c1OC. The van der Waals surface area contributed by atoms with Crippen molar-refractivity contribution in [2.24, 2.45) is 5.92 Å². The van der Waals surface area contributed by atoms with Crippen molar-refractivity contribution in [2.75, 3.05) is 32.0 Å². The summed E-state index contributed by atoms with van der Waals surface area (Å²) in [6.45, 7) is 0. The van der Waals surface area contributed by atoms with Crippen LogP contribution in [0.15, 0.2) is 78.5 Å². The second-order valence-corrected chi connectivity index (χ2v) is 8.54. The molecule has 0 saturated carbocycles. The summed E-state index contributed by atoms with van der Waals surface area (Å²) in [4.78, 5) is 13.7. The van der Waals surface area contributed by atoms with E-state index in [1.807, 2.05) is 54.6 Å². The smallest absolute Gasteiger partial charge is 0.203 e. The van der Waals surface area contributed by atoms with Gasteiger partial charge in [-0.2, -0.15) is 0 Å². The summed E-state index contributed by atoms with van der Waals surface area (Å²) in [5.41, 5.74) is 4.80. The van der Waals surface area contributed by atoms with Crippen LogP contribution in [0.1, 0.15) is 29.5 Å². The number of ketones is 1. The lowest BCUT2D eigenvalue weighted by molar-refractivity contribution is -0.122. The molecule has 0 aromatic heterocycles. The molecule has 0 amide bonds. The molecule has 6 heteroatoms. The number of hydrogen-bond donors (Lipinski definition) is 2. The molecule has 0 saturated heterocycles. The largest absolute Gasteiger partial charge is 0.493 e. The first kappa shape index (κ1) is 21.9. The molecule has 1 aliphatic carbocycles. The van der Waals surface area contributed by atoms with Crippen LogP contribution in [-0.2, 0) is 4.79 Å². The summed E-state index contributed by atoms with van der Waals surface area (Å²) in [5, 5.41) is 7.19. The van der Waals surface area contributed by atoms with Crippen molar-refractivity contribution in [3.8, 4) is 17.2 Å². The van der Waals surface area contributed by atoms with Gasteiger partial charge in [0, 0.05) is 18.0 Å². The van der Waals surface area contributed by atoms with E-state index >= 15 is 0 Å². The van der Waals surface area contributed by atoms with Crippen LogP contribution in [0.25, 0.3) is 0 Å². The summed E-state index contributed by atoms with van der Waals surface area (Å²) in [6, 6.07) is 21.7. The average Bonchev–Trinajstić information content (AvgIpc) is 3.05. The molecule has 2 aliphatic rings. The number of methoxy groups -OCH3 is 3. The van der Waals surface area contributed by atoms with E-state index in [9.17, 15) is 4.79 Å². The molecule has 2 N–H and O–H groups in total. The molecule has 0 spiro atoms. The van der Waals surface area contributed by atoms with Gasteiger partial charge in [0.05, 0.1) is 44.7 Å². The van der Waals surface area contributed by atoms with Crippen LogP contribution in [0.5, 0.6) is 17.2 Å². The second kappa shape index (κ2) is 9.14. The van der Waals surface area contributed by atoms with Gasteiger partial charge < -0.3 is 24.8 Å². The van der Waals surface area contributed by atoms with Crippen LogP contribution in [0.2, 0.25) is 0 Å². The molecule has 6 nitrogen and oxygen atoms in total. The van der Waals surface area contributed by atoms with Crippen LogP contribution in [0.4, 0.5) is 11.4 Å². The Labute approximate surface area is 199 Å². The normalized spacial score (nSPS) is 21.1. The van der Waals surface area contributed by atoms with Crippen molar-refractivity contribution in [1.29, 1.82) is 0 Å². The quantitative estimate of drug-likeness (QED) is 0.525. The molecule has 0 radical (unpaired) electrons. The van der Waals surface area contributed by atoms with E-state index in [1.165, 1.54) is 0 Å². The highest BCUT2D eigenvalue weighted by atomic mass is 16.5. The van der Waals surface area contributed by atoms with Crippen LogP contribution in [-0.4, -0.2) is 27.1 Å². The third-order valence-corrected chi connectivity index (χ3v) is 6.61. The van der Waals surface area contributed by atoms with E-state index in [0.29, 0.717) is 23.7 Å². The number of rotatable bonds is 5. The summed E-state index contributed by atoms with van der Waals surface area (Å²) < 4.78 is 16.7. The van der Waals surface area contributed by atoms with Crippen molar-refractivity contribution in [1.82, 2.24) is 0 Å². The topological polar surface area (TPSA) is 68.8 Å². The molecule has 174 valence electrons. The number of hydrogen-bond acceptors (Lipinski definition) is 6. The van der Waals surface area contributed by atoms with Gasteiger partial charge in [0.25, 0.3) is 0 Å². The Kier molecular flexibility index (Phi) is 5.88. The van der Waals surface area contributed by atoms with Crippen LogP contribution in [0, 0.1) is 5.92 Å². The van der Waals surface area contributed by atoms with Gasteiger partial charge in [0.2, 0.25) is 5.75 Å². The van der Waals surface area contributed by atoms with Crippen LogP contribution in [0.3, 0.4) is 0 Å². The maximum atomic E-state index is 13.7. The Hall–Kier alpha value is -3.93. The monoisotopic (exact) mass is 456 g/mol. The third-order valence-electron chi connectivity index (χ3n) is 6.61. The molecule has 3 unspecified atom stereocenters. The van der Waals surface area contributed by atoms with Crippen molar-refractivity contribution in [2.45, 2.75) is 18.4 Å². The predicted octanol–water partition coefficient (Wildman–Crippen LogP) is 5.55. The number of para-hydroxylation sites is 2. The molecule has 1 aliphatic heterocycles. The number of benzene rings is 3.